The van der Waals surface area contributed by atoms with Gasteiger partial charge in [-0.05, 0) is 35.9 Å². The van der Waals surface area contributed by atoms with Crippen LogP contribution in [0.2, 0.25) is 0 Å². The lowest BCUT2D eigenvalue weighted by Crippen LogP contribution is -2.17. The molecule has 0 unspecified atom stereocenters. The summed E-state index contributed by atoms with van der Waals surface area (Å²) >= 11 is 0. The Bertz CT molecular complexity index is 707. The van der Waals surface area contributed by atoms with Crippen LogP contribution < -0.4 is 10.6 Å². The van der Waals surface area contributed by atoms with E-state index < -0.39 is 5.82 Å². The lowest BCUT2D eigenvalue weighted by Gasteiger charge is -2.08. The van der Waals surface area contributed by atoms with Crippen LogP contribution in [-0.4, -0.2) is 13.0 Å². The Morgan fingerprint density at radius 1 is 1.29 bits per heavy atom. The second-order valence-electron chi connectivity index (χ2n) is 4.44. The lowest BCUT2D eigenvalue weighted by atomic mass is 10.1. The van der Waals surface area contributed by atoms with E-state index in [1.54, 1.807) is 31.3 Å². The molecule has 0 radical (unpaired) electrons. The zero-order valence-corrected chi connectivity index (χ0v) is 11.5. The maximum Gasteiger partial charge on any atom is 0.251 e. The number of amides is 1. The van der Waals surface area contributed by atoms with Crippen LogP contribution in [0.15, 0.2) is 42.5 Å². The molecule has 0 saturated heterocycles. The highest BCUT2D eigenvalue weighted by atomic mass is 19.1. The van der Waals surface area contributed by atoms with Crippen LogP contribution in [0, 0.1) is 17.1 Å². The first-order valence-electron chi connectivity index (χ1n) is 6.38. The van der Waals surface area contributed by atoms with Crippen molar-refractivity contribution in [3.8, 4) is 6.07 Å². The van der Waals surface area contributed by atoms with Gasteiger partial charge < -0.3 is 10.6 Å². The third-order valence-electron chi connectivity index (χ3n) is 3.00. The monoisotopic (exact) mass is 283 g/mol. The van der Waals surface area contributed by atoms with Crippen LogP contribution in [0.3, 0.4) is 0 Å². The van der Waals surface area contributed by atoms with Crippen molar-refractivity contribution in [2.75, 3.05) is 12.4 Å². The number of anilines is 1. The molecule has 2 N–H and O–H groups in total. The van der Waals surface area contributed by atoms with E-state index in [-0.39, 0.29) is 11.5 Å². The van der Waals surface area contributed by atoms with Gasteiger partial charge in [0.25, 0.3) is 5.91 Å². The molecule has 0 aliphatic heterocycles. The van der Waals surface area contributed by atoms with Crippen LogP contribution in [0.5, 0.6) is 0 Å². The molecule has 0 bridgehead atoms. The molecule has 1 amide bonds. The molecule has 5 heteroatoms. The second kappa shape index (κ2) is 6.53. The molecule has 4 nitrogen and oxygen atoms in total. The maximum atomic E-state index is 13.2. The Hall–Kier alpha value is -2.87. The number of carbonyl (C=O) groups is 1. The quantitative estimate of drug-likeness (QED) is 0.906. The van der Waals surface area contributed by atoms with Crippen LogP contribution in [0.25, 0.3) is 0 Å². The van der Waals surface area contributed by atoms with Gasteiger partial charge in [-0.25, -0.2) is 4.39 Å². The topological polar surface area (TPSA) is 64.9 Å². The van der Waals surface area contributed by atoms with Gasteiger partial charge in [0.05, 0.1) is 5.56 Å². The Morgan fingerprint density at radius 2 is 2.10 bits per heavy atom. The fourth-order valence-corrected chi connectivity index (χ4v) is 1.89. The van der Waals surface area contributed by atoms with Gasteiger partial charge in [0.15, 0.2) is 0 Å². The molecular weight excluding hydrogens is 269 g/mol. The first-order valence-corrected chi connectivity index (χ1v) is 6.38. The smallest absolute Gasteiger partial charge is 0.251 e. The number of nitrogens with one attached hydrogen (secondary N) is 2. The molecule has 0 aliphatic rings. The van der Waals surface area contributed by atoms with Crippen molar-refractivity contribution >= 4 is 11.6 Å². The average molecular weight is 283 g/mol. The fraction of sp³-hybridized carbons (Fsp3) is 0.125. The van der Waals surface area contributed by atoms with Gasteiger partial charge in [-0.1, -0.05) is 12.1 Å². The van der Waals surface area contributed by atoms with Crippen LogP contribution in [0.4, 0.5) is 10.1 Å². The molecule has 21 heavy (non-hydrogen) atoms. The van der Waals surface area contributed by atoms with Gasteiger partial charge >= 0.3 is 0 Å². The largest absolute Gasteiger partial charge is 0.381 e. The molecular formula is C16H14FN3O. The van der Waals surface area contributed by atoms with Gasteiger partial charge in [-0.2, -0.15) is 5.26 Å². The van der Waals surface area contributed by atoms with E-state index in [2.05, 4.69) is 10.6 Å². The van der Waals surface area contributed by atoms with Gasteiger partial charge in [0.1, 0.15) is 11.9 Å². The summed E-state index contributed by atoms with van der Waals surface area (Å²) in [5, 5.41) is 14.5. The number of nitriles is 1. The second-order valence-corrected chi connectivity index (χ2v) is 4.44. The predicted molar refractivity (Wildman–Crippen MR) is 78.3 cm³/mol. The molecule has 0 heterocycles. The van der Waals surface area contributed by atoms with Crippen molar-refractivity contribution in [1.82, 2.24) is 5.32 Å². The Balaban J connectivity index is 2.10. The lowest BCUT2D eigenvalue weighted by molar-refractivity contribution is 0.0963. The Kier molecular flexibility index (Phi) is 4.52. The minimum Gasteiger partial charge on any atom is -0.381 e. The van der Waals surface area contributed by atoms with Crippen molar-refractivity contribution in [2.24, 2.45) is 0 Å². The predicted octanol–water partition coefficient (Wildman–Crippen LogP) is 2.67. The first kappa shape index (κ1) is 14.5. The molecule has 0 atom stereocenters. The first-order chi connectivity index (χ1) is 10.1. The van der Waals surface area contributed by atoms with E-state index in [9.17, 15) is 9.18 Å². The van der Waals surface area contributed by atoms with Crippen LogP contribution >= 0.6 is 0 Å². The summed E-state index contributed by atoms with van der Waals surface area (Å²) in [5.74, 6) is -0.685. The number of hydrogen-bond acceptors (Lipinski definition) is 3. The van der Waals surface area contributed by atoms with E-state index in [0.29, 0.717) is 12.1 Å². The van der Waals surface area contributed by atoms with E-state index >= 15 is 0 Å². The summed E-state index contributed by atoms with van der Waals surface area (Å²) < 4.78 is 13.2. The number of hydrogen-bond donors (Lipinski definition) is 2. The summed E-state index contributed by atoms with van der Waals surface area (Å²) in [5.41, 5.74) is 2.14. The molecule has 2 aromatic rings. The molecule has 2 rings (SSSR count). The molecule has 0 spiro atoms. The summed E-state index contributed by atoms with van der Waals surface area (Å²) in [7, 11) is 1.57. The Labute approximate surface area is 122 Å². The van der Waals surface area contributed by atoms with Crippen LogP contribution in [0.1, 0.15) is 21.5 Å². The summed E-state index contributed by atoms with van der Waals surface area (Å²) in [6.07, 6.45) is 0. The number of rotatable bonds is 4. The summed E-state index contributed by atoms with van der Waals surface area (Å²) in [6, 6.07) is 13.3. The molecule has 0 aliphatic carbocycles. The highest BCUT2D eigenvalue weighted by Crippen LogP contribution is 2.14. The number of benzene rings is 2. The third-order valence-corrected chi connectivity index (χ3v) is 3.00. The zero-order valence-electron chi connectivity index (χ0n) is 11.5. The van der Waals surface area contributed by atoms with Gasteiger partial charge in [0, 0.05) is 24.8 Å². The van der Waals surface area contributed by atoms with E-state index in [4.69, 9.17) is 5.26 Å². The fourth-order valence-electron chi connectivity index (χ4n) is 1.89. The van der Waals surface area contributed by atoms with Crippen molar-refractivity contribution in [2.45, 2.75) is 6.54 Å². The standard InChI is InChI=1S/C16H14FN3O/c1-19-16(21)12-3-2-4-14(8-12)20-10-11-5-6-15(17)13(7-11)9-18/h2-8,20H,10H2,1H3,(H,19,21). The average Bonchev–Trinajstić information content (AvgIpc) is 2.53. The SMILES string of the molecule is CNC(=O)c1cccc(NCc2ccc(F)c(C#N)c2)c1. The summed E-state index contributed by atoms with van der Waals surface area (Å²) in [4.78, 5) is 11.5. The number of halogens is 1. The molecule has 2 aromatic carbocycles. The van der Waals surface area contributed by atoms with E-state index in [1.165, 1.54) is 12.1 Å². The highest BCUT2D eigenvalue weighted by molar-refractivity contribution is 5.94. The maximum absolute atomic E-state index is 13.2. The van der Waals surface area contributed by atoms with E-state index in [1.807, 2.05) is 12.1 Å². The molecule has 0 aromatic heterocycles. The molecule has 0 saturated carbocycles. The van der Waals surface area contributed by atoms with Gasteiger partial charge in [-0.3, -0.25) is 4.79 Å². The van der Waals surface area contributed by atoms with Gasteiger partial charge in [-0.15, -0.1) is 0 Å². The van der Waals surface area contributed by atoms with Gasteiger partial charge in [0.2, 0.25) is 0 Å². The molecule has 106 valence electrons. The number of nitrogens with zero attached hydrogens (tertiary/aromatic N) is 1. The third kappa shape index (κ3) is 3.57. The minimum absolute atomic E-state index is 0.0217. The minimum atomic E-state index is -0.525. The van der Waals surface area contributed by atoms with Crippen molar-refractivity contribution in [1.29, 1.82) is 5.26 Å². The van der Waals surface area contributed by atoms with Crippen molar-refractivity contribution in [3.63, 3.8) is 0 Å². The Morgan fingerprint density at radius 3 is 2.81 bits per heavy atom. The zero-order chi connectivity index (χ0) is 15.2. The normalized spacial score (nSPS) is 9.76. The number of carbonyl (C=O) groups excluding carboxylic acids is 1. The summed E-state index contributed by atoms with van der Waals surface area (Å²) in [6.45, 7) is 0.437. The van der Waals surface area contributed by atoms with Crippen molar-refractivity contribution in [3.05, 3.63) is 65.0 Å². The highest BCUT2D eigenvalue weighted by Gasteiger charge is 2.05. The molecule has 0 fully saturated rings. The van der Waals surface area contributed by atoms with Crippen molar-refractivity contribution < 1.29 is 9.18 Å². The van der Waals surface area contributed by atoms with Crippen LogP contribution in [-0.2, 0) is 6.54 Å². The van der Waals surface area contributed by atoms with E-state index in [0.717, 1.165) is 11.3 Å².